The highest BCUT2D eigenvalue weighted by molar-refractivity contribution is 5.91. The van der Waals surface area contributed by atoms with E-state index in [-0.39, 0.29) is 18.4 Å². The summed E-state index contributed by atoms with van der Waals surface area (Å²) in [6.07, 6.45) is 4.55. The van der Waals surface area contributed by atoms with E-state index >= 15 is 0 Å². The quantitative estimate of drug-likeness (QED) is 0.712. The van der Waals surface area contributed by atoms with Gasteiger partial charge < -0.3 is 14.8 Å². The fourth-order valence-electron chi connectivity index (χ4n) is 0.942. The summed E-state index contributed by atoms with van der Waals surface area (Å²) < 4.78 is 5.02. The first kappa shape index (κ1) is 11.5. The predicted octanol–water partition coefficient (Wildman–Crippen LogP) is 1.04. The van der Waals surface area contributed by atoms with E-state index in [1.54, 1.807) is 24.5 Å². The monoisotopic (exact) mass is 209 g/mol. The molecule has 1 heterocycles. The van der Waals surface area contributed by atoms with E-state index in [1.807, 2.05) is 6.92 Å². The minimum Gasteiger partial charge on any atom is -0.465 e. The molecule has 4 heteroatoms. The van der Waals surface area contributed by atoms with Crippen molar-refractivity contribution in [1.29, 1.82) is 0 Å². The third kappa shape index (κ3) is 4.46. The summed E-state index contributed by atoms with van der Waals surface area (Å²) in [6, 6.07) is 3.52. The number of rotatable bonds is 5. The minimum atomic E-state index is -0.188. The summed E-state index contributed by atoms with van der Waals surface area (Å²) in [6.45, 7) is 2.40. The Morgan fingerprint density at radius 1 is 1.73 bits per heavy atom. The van der Waals surface area contributed by atoms with Crippen LogP contribution in [0.4, 0.5) is 0 Å². The van der Waals surface area contributed by atoms with Crippen LogP contribution < -0.4 is 5.32 Å². The second kappa shape index (κ2) is 6.03. The predicted molar refractivity (Wildman–Crippen MR) is 57.0 cm³/mol. The highest BCUT2D eigenvalue weighted by atomic mass is 16.3. The number of amides is 1. The van der Waals surface area contributed by atoms with Gasteiger partial charge in [0.15, 0.2) is 0 Å². The highest BCUT2D eigenvalue weighted by Crippen LogP contribution is 2.01. The van der Waals surface area contributed by atoms with Crippen LogP contribution in [0, 0.1) is 5.92 Å². The molecule has 1 aromatic rings. The molecule has 1 rings (SSSR count). The lowest BCUT2D eigenvalue weighted by Gasteiger charge is -2.06. The number of aliphatic hydroxyl groups is 1. The molecular formula is C11H15NO3. The average Bonchev–Trinajstić information content (AvgIpc) is 2.75. The number of carbonyl (C=O) groups is 1. The third-order valence-corrected chi connectivity index (χ3v) is 1.88. The molecule has 0 bridgehead atoms. The van der Waals surface area contributed by atoms with Crippen LogP contribution in [0.2, 0.25) is 0 Å². The van der Waals surface area contributed by atoms with E-state index in [0.717, 1.165) is 0 Å². The van der Waals surface area contributed by atoms with Gasteiger partial charge in [0, 0.05) is 19.2 Å². The molecule has 4 nitrogen and oxygen atoms in total. The van der Waals surface area contributed by atoms with Crippen molar-refractivity contribution in [3.63, 3.8) is 0 Å². The molecule has 0 saturated heterocycles. The molecule has 1 unspecified atom stereocenters. The molecule has 0 aliphatic carbocycles. The number of aliphatic hydroxyl groups excluding tert-OH is 1. The molecule has 0 aromatic carbocycles. The fraction of sp³-hybridized carbons (Fsp3) is 0.364. The minimum absolute atomic E-state index is 0.0716. The van der Waals surface area contributed by atoms with E-state index in [0.29, 0.717) is 12.3 Å². The van der Waals surface area contributed by atoms with Crippen LogP contribution in [-0.2, 0) is 4.79 Å². The Balaban J connectivity index is 2.30. The van der Waals surface area contributed by atoms with E-state index in [4.69, 9.17) is 9.52 Å². The average molecular weight is 209 g/mol. The Bertz CT molecular complexity index is 317. The molecule has 0 radical (unpaired) electrons. The fourth-order valence-corrected chi connectivity index (χ4v) is 0.942. The van der Waals surface area contributed by atoms with Crippen molar-refractivity contribution in [3.8, 4) is 0 Å². The van der Waals surface area contributed by atoms with Gasteiger partial charge in [0.05, 0.1) is 6.26 Å². The summed E-state index contributed by atoms with van der Waals surface area (Å²) in [5, 5.41) is 11.4. The van der Waals surface area contributed by atoms with Gasteiger partial charge in [0.25, 0.3) is 0 Å². The lowest BCUT2D eigenvalue weighted by Crippen LogP contribution is -2.27. The zero-order valence-corrected chi connectivity index (χ0v) is 8.64. The van der Waals surface area contributed by atoms with Gasteiger partial charge in [-0.2, -0.15) is 0 Å². The van der Waals surface area contributed by atoms with E-state index in [1.165, 1.54) is 6.08 Å². The van der Waals surface area contributed by atoms with Gasteiger partial charge in [0.1, 0.15) is 5.76 Å². The molecule has 0 aliphatic heterocycles. The largest absolute Gasteiger partial charge is 0.465 e. The van der Waals surface area contributed by atoms with Gasteiger partial charge in [0.2, 0.25) is 5.91 Å². The summed E-state index contributed by atoms with van der Waals surface area (Å²) in [7, 11) is 0. The first-order valence-corrected chi connectivity index (χ1v) is 4.82. The summed E-state index contributed by atoms with van der Waals surface area (Å²) in [5.74, 6) is 0.526. The van der Waals surface area contributed by atoms with E-state index in [9.17, 15) is 4.79 Å². The van der Waals surface area contributed by atoms with Crippen LogP contribution in [0.1, 0.15) is 12.7 Å². The maximum absolute atomic E-state index is 11.2. The molecule has 0 aliphatic rings. The maximum Gasteiger partial charge on any atom is 0.244 e. The Morgan fingerprint density at radius 2 is 2.53 bits per heavy atom. The van der Waals surface area contributed by atoms with Crippen molar-refractivity contribution in [1.82, 2.24) is 5.32 Å². The van der Waals surface area contributed by atoms with Crippen molar-refractivity contribution in [2.24, 2.45) is 5.92 Å². The first-order chi connectivity index (χ1) is 7.22. The van der Waals surface area contributed by atoms with Crippen molar-refractivity contribution in [3.05, 3.63) is 30.2 Å². The van der Waals surface area contributed by atoms with Crippen molar-refractivity contribution < 1.29 is 14.3 Å². The summed E-state index contributed by atoms with van der Waals surface area (Å²) in [4.78, 5) is 11.2. The SMILES string of the molecule is CC(CO)CNC(=O)/C=C/c1ccco1. The molecular weight excluding hydrogens is 194 g/mol. The number of carbonyl (C=O) groups excluding carboxylic acids is 1. The zero-order chi connectivity index (χ0) is 11.1. The normalized spacial score (nSPS) is 12.9. The number of hydrogen-bond donors (Lipinski definition) is 2. The molecule has 1 atom stereocenters. The lowest BCUT2D eigenvalue weighted by molar-refractivity contribution is -0.116. The first-order valence-electron chi connectivity index (χ1n) is 4.82. The lowest BCUT2D eigenvalue weighted by atomic mass is 10.2. The van der Waals surface area contributed by atoms with Gasteiger partial charge in [-0.25, -0.2) is 0 Å². The molecule has 0 saturated carbocycles. The Labute approximate surface area is 88.6 Å². The van der Waals surface area contributed by atoms with Crippen LogP contribution in [0.3, 0.4) is 0 Å². The Kier molecular flexibility index (Phi) is 4.63. The molecule has 2 N–H and O–H groups in total. The van der Waals surface area contributed by atoms with Crippen molar-refractivity contribution >= 4 is 12.0 Å². The van der Waals surface area contributed by atoms with E-state index < -0.39 is 0 Å². The topological polar surface area (TPSA) is 62.5 Å². The van der Waals surface area contributed by atoms with Crippen LogP contribution in [-0.4, -0.2) is 24.2 Å². The molecule has 0 fully saturated rings. The molecule has 15 heavy (non-hydrogen) atoms. The summed E-state index contributed by atoms with van der Waals surface area (Å²) in [5.41, 5.74) is 0. The van der Waals surface area contributed by atoms with Gasteiger partial charge >= 0.3 is 0 Å². The number of furan rings is 1. The Hall–Kier alpha value is -1.55. The van der Waals surface area contributed by atoms with Crippen LogP contribution in [0.25, 0.3) is 6.08 Å². The van der Waals surface area contributed by atoms with Gasteiger partial charge in [-0.3, -0.25) is 4.79 Å². The second-order valence-corrected chi connectivity index (χ2v) is 3.38. The number of nitrogens with one attached hydrogen (secondary N) is 1. The van der Waals surface area contributed by atoms with Crippen molar-refractivity contribution in [2.75, 3.05) is 13.2 Å². The molecule has 1 amide bonds. The van der Waals surface area contributed by atoms with Crippen LogP contribution >= 0.6 is 0 Å². The maximum atomic E-state index is 11.2. The Morgan fingerprint density at radius 3 is 3.13 bits per heavy atom. The van der Waals surface area contributed by atoms with Gasteiger partial charge in [-0.1, -0.05) is 6.92 Å². The van der Waals surface area contributed by atoms with Gasteiger partial charge in [-0.05, 0) is 24.1 Å². The van der Waals surface area contributed by atoms with Crippen molar-refractivity contribution in [2.45, 2.75) is 6.92 Å². The second-order valence-electron chi connectivity index (χ2n) is 3.38. The summed E-state index contributed by atoms with van der Waals surface area (Å²) >= 11 is 0. The standard InChI is InChI=1S/C11H15NO3/c1-9(8-13)7-12-11(14)5-4-10-3-2-6-15-10/h2-6,9,13H,7-8H2,1H3,(H,12,14)/b5-4+. The van der Waals surface area contributed by atoms with Crippen LogP contribution in [0.5, 0.6) is 0 Å². The van der Waals surface area contributed by atoms with Gasteiger partial charge in [-0.15, -0.1) is 0 Å². The highest BCUT2D eigenvalue weighted by Gasteiger charge is 2.01. The third-order valence-electron chi connectivity index (χ3n) is 1.88. The molecule has 0 spiro atoms. The zero-order valence-electron chi connectivity index (χ0n) is 8.64. The molecule has 1 aromatic heterocycles. The van der Waals surface area contributed by atoms with E-state index in [2.05, 4.69) is 5.32 Å². The molecule has 82 valence electrons. The number of hydrogen-bond acceptors (Lipinski definition) is 3. The smallest absolute Gasteiger partial charge is 0.244 e. The van der Waals surface area contributed by atoms with Crippen LogP contribution in [0.15, 0.2) is 28.9 Å².